The van der Waals surface area contributed by atoms with Gasteiger partial charge >= 0.3 is 0 Å². The van der Waals surface area contributed by atoms with Gasteiger partial charge in [-0.25, -0.2) is 0 Å². The minimum atomic E-state index is 0.523. The van der Waals surface area contributed by atoms with Crippen LogP contribution in [0.15, 0.2) is 24.3 Å². The number of rotatable bonds is 11. The van der Waals surface area contributed by atoms with Gasteiger partial charge in [0.1, 0.15) is 5.75 Å². The molecule has 1 rings (SSSR count). The maximum atomic E-state index is 5.83. The quantitative estimate of drug-likeness (QED) is 0.628. The molecule has 0 bridgehead atoms. The number of ether oxygens (including phenoxy) is 2. The fourth-order valence-electron chi connectivity index (χ4n) is 2.20. The molecule has 0 radical (unpaired) electrons. The Labute approximate surface area is 123 Å². The Hall–Kier alpha value is -1.06. The first kappa shape index (κ1) is 17.0. The van der Waals surface area contributed by atoms with Crippen molar-refractivity contribution in [2.75, 3.05) is 26.9 Å². The molecule has 0 spiro atoms. The smallest absolute Gasteiger partial charge is 0.119 e. The predicted molar refractivity (Wildman–Crippen MR) is 84.5 cm³/mol. The minimum Gasteiger partial charge on any atom is -0.494 e. The molecule has 0 aromatic heterocycles. The lowest BCUT2D eigenvalue weighted by Crippen LogP contribution is -2.31. The Bertz CT molecular complexity index is 355. The third-order valence-electron chi connectivity index (χ3n) is 3.31. The molecule has 0 aliphatic heterocycles. The molecule has 114 valence electrons. The molecule has 1 atom stereocenters. The molecule has 3 heteroatoms. The molecule has 3 nitrogen and oxygen atoms in total. The van der Waals surface area contributed by atoms with Gasteiger partial charge in [-0.2, -0.15) is 0 Å². The second-order valence-corrected chi connectivity index (χ2v) is 5.24. The Morgan fingerprint density at radius 3 is 2.75 bits per heavy atom. The minimum absolute atomic E-state index is 0.523. The summed E-state index contributed by atoms with van der Waals surface area (Å²) in [6, 6.07) is 8.75. The zero-order chi connectivity index (χ0) is 14.6. The van der Waals surface area contributed by atoms with E-state index >= 15 is 0 Å². The highest BCUT2D eigenvalue weighted by atomic mass is 16.5. The van der Waals surface area contributed by atoms with Gasteiger partial charge in [0.15, 0.2) is 0 Å². The van der Waals surface area contributed by atoms with Crippen LogP contribution in [0.3, 0.4) is 0 Å². The molecule has 0 fully saturated rings. The lowest BCUT2D eigenvalue weighted by molar-refractivity contribution is 0.185. The van der Waals surface area contributed by atoms with Gasteiger partial charge in [-0.1, -0.05) is 19.1 Å². The van der Waals surface area contributed by atoms with Crippen LogP contribution in [0.1, 0.15) is 38.2 Å². The van der Waals surface area contributed by atoms with Gasteiger partial charge in [0.25, 0.3) is 0 Å². The van der Waals surface area contributed by atoms with E-state index in [0.29, 0.717) is 6.04 Å². The van der Waals surface area contributed by atoms with Crippen molar-refractivity contribution in [3.8, 4) is 5.75 Å². The zero-order valence-corrected chi connectivity index (χ0v) is 13.2. The van der Waals surface area contributed by atoms with Crippen LogP contribution in [-0.4, -0.2) is 32.9 Å². The topological polar surface area (TPSA) is 30.5 Å². The first-order valence-corrected chi connectivity index (χ1v) is 7.68. The summed E-state index contributed by atoms with van der Waals surface area (Å²) >= 11 is 0. The Morgan fingerprint density at radius 1 is 1.20 bits per heavy atom. The molecule has 0 saturated carbocycles. The number of benzene rings is 1. The highest BCUT2D eigenvalue weighted by molar-refractivity contribution is 5.27. The fraction of sp³-hybridized carbons (Fsp3) is 0.647. The molecule has 0 amide bonds. The Morgan fingerprint density at radius 2 is 2.05 bits per heavy atom. The maximum absolute atomic E-state index is 5.83. The summed E-state index contributed by atoms with van der Waals surface area (Å²) < 4.78 is 11.0. The molecule has 0 aliphatic carbocycles. The summed E-state index contributed by atoms with van der Waals surface area (Å²) in [5.74, 6) is 0.969. The van der Waals surface area contributed by atoms with Gasteiger partial charge in [0.05, 0.1) is 6.61 Å². The van der Waals surface area contributed by atoms with Crippen molar-refractivity contribution in [2.45, 2.75) is 45.6 Å². The van der Waals surface area contributed by atoms with Crippen LogP contribution >= 0.6 is 0 Å². The van der Waals surface area contributed by atoms with E-state index in [1.807, 2.05) is 12.1 Å². The summed E-state index contributed by atoms with van der Waals surface area (Å²) in [6.45, 7) is 6.95. The van der Waals surface area contributed by atoms with Crippen molar-refractivity contribution < 1.29 is 9.47 Å². The number of nitrogens with one attached hydrogen (secondary N) is 1. The molecule has 1 unspecified atom stereocenters. The van der Waals surface area contributed by atoms with E-state index in [4.69, 9.17) is 9.47 Å². The third kappa shape index (κ3) is 7.51. The number of hydrogen-bond donors (Lipinski definition) is 1. The molecule has 1 N–H and O–H groups in total. The van der Waals surface area contributed by atoms with Crippen molar-refractivity contribution in [1.82, 2.24) is 5.32 Å². The average molecular weight is 279 g/mol. The molecule has 1 aromatic rings. The first-order chi connectivity index (χ1) is 9.76. The second kappa shape index (κ2) is 10.7. The normalized spacial score (nSPS) is 12.3. The third-order valence-corrected chi connectivity index (χ3v) is 3.31. The molecule has 0 heterocycles. The van der Waals surface area contributed by atoms with Crippen LogP contribution in [0.25, 0.3) is 0 Å². The van der Waals surface area contributed by atoms with E-state index in [1.54, 1.807) is 7.11 Å². The molecule has 20 heavy (non-hydrogen) atoms. The van der Waals surface area contributed by atoms with Crippen molar-refractivity contribution in [3.05, 3.63) is 29.8 Å². The van der Waals surface area contributed by atoms with Gasteiger partial charge in [-0.15, -0.1) is 0 Å². The largest absolute Gasteiger partial charge is 0.494 e. The predicted octanol–water partition coefficient (Wildman–Crippen LogP) is 3.56. The summed E-state index contributed by atoms with van der Waals surface area (Å²) in [4.78, 5) is 0. The van der Waals surface area contributed by atoms with Crippen LogP contribution in [0.2, 0.25) is 0 Å². The van der Waals surface area contributed by atoms with Crippen LogP contribution in [0.5, 0.6) is 5.75 Å². The van der Waals surface area contributed by atoms with Crippen LogP contribution in [0.4, 0.5) is 0 Å². The molecular weight excluding hydrogens is 250 g/mol. The van der Waals surface area contributed by atoms with E-state index in [1.165, 1.54) is 12.0 Å². The summed E-state index contributed by atoms with van der Waals surface area (Å²) in [6.07, 6.45) is 4.45. The van der Waals surface area contributed by atoms with E-state index < -0.39 is 0 Å². The average Bonchev–Trinajstić information content (AvgIpc) is 2.44. The van der Waals surface area contributed by atoms with Crippen molar-refractivity contribution in [3.63, 3.8) is 0 Å². The molecular formula is C17H29NO2. The van der Waals surface area contributed by atoms with Crippen LogP contribution in [-0.2, 0) is 4.74 Å². The molecule has 1 aromatic carbocycles. The molecule has 0 aliphatic rings. The van der Waals surface area contributed by atoms with Gasteiger partial charge in [-0.05, 0) is 56.8 Å². The SMILES string of the molecule is CCCNC(CCCOC)CCOc1cccc(C)c1. The van der Waals surface area contributed by atoms with E-state index in [2.05, 4.69) is 31.3 Å². The van der Waals surface area contributed by atoms with Gasteiger partial charge in [0, 0.05) is 19.8 Å². The van der Waals surface area contributed by atoms with Crippen molar-refractivity contribution >= 4 is 0 Å². The summed E-state index contributed by atoms with van der Waals surface area (Å²) in [7, 11) is 1.76. The first-order valence-electron chi connectivity index (χ1n) is 7.68. The van der Waals surface area contributed by atoms with Crippen LogP contribution < -0.4 is 10.1 Å². The van der Waals surface area contributed by atoms with E-state index in [0.717, 1.165) is 44.8 Å². The Balaban J connectivity index is 2.29. The highest BCUT2D eigenvalue weighted by Gasteiger charge is 2.07. The van der Waals surface area contributed by atoms with E-state index in [9.17, 15) is 0 Å². The lowest BCUT2D eigenvalue weighted by atomic mass is 10.1. The highest BCUT2D eigenvalue weighted by Crippen LogP contribution is 2.13. The van der Waals surface area contributed by atoms with Gasteiger partial charge in [0.2, 0.25) is 0 Å². The van der Waals surface area contributed by atoms with Crippen molar-refractivity contribution in [1.29, 1.82) is 0 Å². The van der Waals surface area contributed by atoms with Gasteiger partial charge in [-0.3, -0.25) is 0 Å². The fourth-order valence-corrected chi connectivity index (χ4v) is 2.20. The lowest BCUT2D eigenvalue weighted by Gasteiger charge is -2.18. The summed E-state index contributed by atoms with van der Waals surface area (Å²) in [5, 5.41) is 3.59. The Kier molecular flexibility index (Phi) is 9.09. The number of aryl methyl sites for hydroxylation is 1. The standard InChI is InChI=1S/C17H29NO2/c1-4-11-18-16(8-6-12-19-3)10-13-20-17-9-5-7-15(2)14-17/h5,7,9,14,16,18H,4,6,8,10-13H2,1-3H3. The summed E-state index contributed by atoms with van der Waals surface area (Å²) in [5.41, 5.74) is 1.24. The number of methoxy groups -OCH3 is 1. The van der Waals surface area contributed by atoms with Crippen molar-refractivity contribution in [2.24, 2.45) is 0 Å². The maximum Gasteiger partial charge on any atom is 0.119 e. The zero-order valence-electron chi connectivity index (χ0n) is 13.2. The van der Waals surface area contributed by atoms with E-state index in [-0.39, 0.29) is 0 Å². The van der Waals surface area contributed by atoms with Crippen LogP contribution in [0, 0.1) is 6.92 Å². The second-order valence-electron chi connectivity index (χ2n) is 5.24. The monoisotopic (exact) mass is 279 g/mol. The number of hydrogen-bond acceptors (Lipinski definition) is 3. The molecule has 0 saturated heterocycles. The van der Waals surface area contributed by atoms with Gasteiger partial charge < -0.3 is 14.8 Å².